The molecule has 1 N–H and O–H groups in total. The molecule has 3 heteroatoms. The summed E-state index contributed by atoms with van der Waals surface area (Å²) in [6, 6.07) is 6.43. The molecule has 0 saturated carbocycles. The number of H-pyrrole nitrogens is 1. The number of hydrogen-bond donors (Lipinski definition) is 1. The number of methoxy groups -OCH3 is 1. The molecule has 0 saturated heterocycles. The molecule has 3 nitrogen and oxygen atoms in total. The standard InChI is InChI=1S/C16H18N2O/c1-10-7-11(2)15(16(19-4)12(10)3)14(8-17)13-5-6-18-9-13/h5-7,9,14,18H,1-4H3. The van der Waals surface area contributed by atoms with Crippen molar-refractivity contribution in [2.45, 2.75) is 26.7 Å². The van der Waals surface area contributed by atoms with Gasteiger partial charge >= 0.3 is 0 Å². The van der Waals surface area contributed by atoms with E-state index < -0.39 is 0 Å². The van der Waals surface area contributed by atoms with Crippen LogP contribution in [0.1, 0.15) is 33.7 Å². The second kappa shape index (κ2) is 5.19. The Bertz CT molecular complexity index is 621. The molecule has 0 amide bonds. The third kappa shape index (κ3) is 2.22. The molecule has 0 bridgehead atoms. The maximum atomic E-state index is 9.54. The monoisotopic (exact) mass is 254 g/mol. The number of nitrogens with zero attached hydrogens (tertiary/aromatic N) is 1. The lowest BCUT2D eigenvalue weighted by Crippen LogP contribution is -2.05. The molecule has 98 valence electrons. The van der Waals surface area contributed by atoms with Crippen LogP contribution in [0.3, 0.4) is 0 Å². The summed E-state index contributed by atoms with van der Waals surface area (Å²) in [5.41, 5.74) is 5.30. The van der Waals surface area contributed by atoms with Crippen LogP contribution >= 0.6 is 0 Å². The molecule has 0 fully saturated rings. The summed E-state index contributed by atoms with van der Waals surface area (Å²) in [6.45, 7) is 6.12. The van der Waals surface area contributed by atoms with Gasteiger partial charge in [0.05, 0.1) is 13.2 Å². The van der Waals surface area contributed by atoms with E-state index in [1.54, 1.807) is 7.11 Å². The molecule has 19 heavy (non-hydrogen) atoms. The van der Waals surface area contributed by atoms with Crippen molar-refractivity contribution in [3.05, 3.63) is 52.3 Å². The fourth-order valence-electron chi connectivity index (χ4n) is 2.51. The van der Waals surface area contributed by atoms with Crippen LogP contribution < -0.4 is 4.74 Å². The van der Waals surface area contributed by atoms with Gasteiger partial charge in [0, 0.05) is 18.0 Å². The molecule has 1 unspecified atom stereocenters. The molecular weight excluding hydrogens is 236 g/mol. The molecule has 0 radical (unpaired) electrons. The Labute approximate surface area is 113 Å². The van der Waals surface area contributed by atoms with Crippen LogP contribution in [0.15, 0.2) is 24.5 Å². The number of hydrogen-bond acceptors (Lipinski definition) is 2. The van der Waals surface area contributed by atoms with Crippen LogP contribution in [0.25, 0.3) is 0 Å². The van der Waals surface area contributed by atoms with E-state index in [2.05, 4.69) is 24.0 Å². The van der Waals surface area contributed by atoms with Crippen LogP contribution in [-0.2, 0) is 0 Å². The summed E-state index contributed by atoms with van der Waals surface area (Å²) >= 11 is 0. The highest BCUT2D eigenvalue weighted by Crippen LogP contribution is 2.37. The number of aromatic amines is 1. The van der Waals surface area contributed by atoms with Crippen LogP contribution in [-0.4, -0.2) is 12.1 Å². The van der Waals surface area contributed by atoms with E-state index in [1.807, 2.05) is 32.3 Å². The van der Waals surface area contributed by atoms with Gasteiger partial charge in [-0.1, -0.05) is 6.07 Å². The molecule has 1 aromatic heterocycles. The predicted octanol–water partition coefficient (Wildman–Crippen LogP) is 3.60. The third-order valence-electron chi connectivity index (χ3n) is 3.61. The lowest BCUT2D eigenvalue weighted by molar-refractivity contribution is 0.405. The Hall–Kier alpha value is -2.21. The topological polar surface area (TPSA) is 48.8 Å². The number of aryl methyl sites for hydroxylation is 2. The Morgan fingerprint density at radius 3 is 2.53 bits per heavy atom. The number of aromatic nitrogens is 1. The van der Waals surface area contributed by atoms with Crippen LogP contribution in [0.4, 0.5) is 0 Å². The van der Waals surface area contributed by atoms with Gasteiger partial charge in [-0.25, -0.2) is 0 Å². The minimum Gasteiger partial charge on any atom is -0.496 e. The van der Waals surface area contributed by atoms with Crippen molar-refractivity contribution >= 4 is 0 Å². The average molecular weight is 254 g/mol. The van der Waals surface area contributed by atoms with E-state index in [0.29, 0.717) is 0 Å². The summed E-state index contributed by atoms with van der Waals surface area (Å²) in [4.78, 5) is 3.01. The third-order valence-corrected chi connectivity index (χ3v) is 3.61. The number of nitriles is 1. The second-order valence-corrected chi connectivity index (χ2v) is 4.79. The number of ether oxygens (including phenoxy) is 1. The van der Waals surface area contributed by atoms with E-state index in [0.717, 1.165) is 28.0 Å². The Balaban J connectivity index is 2.68. The highest BCUT2D eigenvalue weighted by Gasteiger charge is 2.22. The minimum atomic E-state index is -0.305. The van der Waals surface area contributed by atoms with Crippen molar-refractivity contribution in [2.75, 3.05) is 7.11 Å². The maximum absolute atomic E-state index is 9.54. The van der Waals surface area contributed by atoms with E-state index in [-0.39, 0.29) is 5.92 Å². The SMILES string of the molecule is COc1c(C)c(C)cc(C)c1C(C#N)c1cc[nH]c1. The first-order valence-corrected chi connectivity index (χ1v) is 6.27. The molecule has 1 aromatic carbocycles. The average Bonchev–Trinajstić information content (AvgIpc) is 2.90. The largest absolute Gasteiger partial charge is 0.496 e. The van der Waals surface area contributed by atoms with Gasteiger partial charge in [-0.15, -0.1) is 0 Å². The zero-order chi connectivity index (χ0) is 14.0. The molecule has 0 aliphatic heterocycles. The van der Waals surface area contributed by atoms with Gasteiger partial charge in [0.2, 0.25) is 0 Å². The summed E-state index contributed by atoms with van der Waals surface area (Å²) in [6.07, 6.45) is 3.70. The molecule has 0 aliphatic rings. The van der Waals surface area contributed by atoms with Crippen molar-refractivity contribution < 1.29 is 4.74 Å². The van der Waals surface area contributed by atoms with Gasteiger partial charge in [0.15, 0.2) is 0 Å². The van der Waals surface area contributed by atoms with Crippen molar-refractivity contribution in [1.29, 1.82) is 5.26 Å². The lowest BCUT2D eigenvalue weighted by atomic mass is 9.87. The quantitative estimate of drug-likeness (QED) is 0.909. The van der Waals surface area contributed by atoms with Crippen LogP contribution in [0.5, 0.6) is 5.75 Å². The molecule has 0 aliphatic carbocycles. The first-order chi connectivity index (χ1) is 9.10. The van der Waals surface area contributed by atoms with E-state index in [9.17, 15) is 5.26 Å². The number of benzene rings is 1. The van der Waals surface area contributed by atoms with E-state index in [4.69, 9.17) is 4.74 Å². The van der Waals surface area contributed by atoms with Crippen molar-refractivity contribution in [1.82, 2.24) is 4.98 Å². The van der Waals surface area contributed by atoms with Crippen LogP contribution in [0, 0.1) is 32.1 Å². The Kier molecular flexibility index (Phi) is 3.62. The molecule has 0 spiro atoms. The van der Waals surface area contributed by atoms with Gasteiger partial charge < -0.3 is 9.72 Å². The lowest BCUT2D eigenvalue weighted by Gasteiger charge is -2.19. The van der Waals surface area contributed by atoms with Crippen molar-refractivity contribution in [3.8, 4) is 11.8 Å². The minimum absolute atomic E-state index is 0.305. The highest BCUT2D eigenvalue weighted by molar-refractivity contribution is 5.55. The molecule has 1 heterocycles. The van der Waals surface area contributed by atoms with Gasteiger partial charge in [0.1, 0.15) is 11.7 Å². The van der Waals surface area contributed by atoms with Gasteiger partial charge in [-0.3, -0.25) is 0 Å². The first-order valence-electron chi connectivity index (χ1n) is 6.27. The normalized spacial score (nSPS) is 11.9. The molecule has 2 aromatic rings. The highest BCUT2D eigenvalue weighted by atomic mass is 16.5. The fraction of sp³-hybridized carbons (Fsp3) is 0.312. The van der Waals surface area contributed by atoms with E-state index in [1.165, 1.54) is 5.56 Å². The van der Waals surface area contributed by atoms with Crippen molar-refractivity contribution in [2.24, 2.45) is 0 Å². The van der Waals surface area contributed by atoms with Gasteiger partial charge in [-0.2, -0.15) is 5.26 Å². The molecule has 1 atom stereocenters. The van der Waals surface area contributed by atoms with Crippen molar-refractivity contribution in [3.63, 3.8) is 0 Å². The van der Waals surface area contributed by atoms with Gasteiger partial charge in [-0.05, 0) is 49.1 Å². The first kappa shape index (κ1) is 13.2. The zero-order valence-electron chi connectivity index (χ0n) is 11.7. The molecular formula is C16H18N2O. The Morgan fingerprint density at radius 2 is 2.00 bits per heavy atom. The fourth-order valence-corrected chi connectivity index (χ4v) is 2.51. The smallest absolute Gasteiger partial charge is 0.127 e. The summed E-state index contributed by atoms with van der Waals surface area (Å²) < 4.78 is 5.56. The molecule has 2 rings (SSSR count). The number of rotatable bonds is 3. The summed E-state index contributed by atoms with van der Waals surface area (Å²) in [7, 11) is 1.66. The Morgan fingerprint density at radius 1 is 1.26 bits per heavy atom. The summed E-state index contributed by atoms with van der Waals surface area (Å²) in [5.74, 6) is 0.519. The van der Waals surface area contributed by atoms with E-state index >= 15 is 0 Å². The zero-order valence-corrected chi connectivity index (χ0v) is 11.7. The predicted molar refractivity (Wildman–Crippen MR) is 75.5 cm³/mol. The van der Waals surface area contributed by atoms with Gasteiger partial charge in [0.25, 0.3) is 0 Å². The maximum Gasteiger partial charge on any atom is 0.127 e. The summed E-state index contributed by atoms with van der Waals surface area (Å²) in [5, 5.41) is 9.54. The van der Waals surface area contributed by atoms with Crippen LogP contribution in [0.2, 0.25) is 0 Å². The second-order valence-electron chi connectivity index (χ2n) is 4.79. The number of nitrogens with one attached hydrogen (secondary N) is 1.